The van der Waals surface area contributed by atoms with Crippen LogP contribution in [0.1, 0.15) is 39.0 Å². The molecule has 23 heavy (non-hydrogen) atoms. The number of rotatable bonds is 5. The van der Waals surface area contributed by atoms with Gasteiger partial charge in [0.05, 0.1) is 11.9 Å². The number of hydrogen-bond donors (Lipinski definition) is 3. The number of aliphatic hydroxyl groups excluding tert-OH is 1. The van der Waals surface area contributed by atoms with Gasteiger partial charge >= 0.3 is 6.03 Å². The summed E-state index contributed by atoms with van der Waals surface area (Å²) < 4.78 is 25.0. The Hall–Kier alpha value is -0.860. The van der Waals surface area contributed by atoms with Crippen molar-refractivity contribution in [3.63, 3.8) is 0 Å². The van der Waals surface area contributed by atoms with E-state index in [9.17, 15) is 18.3 Å². The molecule has 0 radical (unpaired) electrons. The molecule has 0 bridgehead atoms. The van der Waals surface area contributed by atoms with Crippen LogP contribution in [0.4, 0.5) is 4.79 Å². The molecule has 1 saturated heterocycles. The van der Waals surface area contributed by atoms with Gasteiger partial charge in [-0.25, -0.2) is 17.9 Å². The molecule has 4 atom stereocenters. The van der Waals surface area contributed by atoms with Crippen molar-refractivity contribution >= 4 is 16.1 Å². The van der Waals surface area contributed by atoms with Crippen LogP contribution in [0, 0.1) is 11.8 Å². The number of carbonyl (C=O) groups excluding carboxylic acids is 1. The van der Waals surface area contributed by atoms with Gasteiger partial charge in [-0.3, -0.25) is 0 Å². The van der Waals surface area contributed by atoms with Crippen LogP contribution in [-0.2, 0) is 10.0 Å². The Labute approximate surface area is 138 Å². The van der Waals surface area contributed by atoms with Gasteiger partial charge in [0, 0.05) is 25.0 Å². The van der Waals surface area contributed by atoms with Crippen LogP contribution in [0.3, 0.4) is 0 Å². The Morgan fingerprint density at radius 1 is 1.30 bits per heavy atom. The summed E-state index contributed by atoms with van der Waals surface area (Å²) in [4.78, 5) is 14.2. The molecule has 3 N–H and O–H groups in total. The number of carbonyl (C=O) groups is 1. The summed E-state index contributed by atoms with van der Waals surface area (Å²) in [5.74, 6) is 0.583. The fourth-order valence-electron chi connectivity index (χ4n) is 3.81. The maximum atomic E-state index is 12.4. The van der Waals surface area contributed by atoms with E-state index in [-0.39, 0.29) is 36.4 Å². The third-order valence-electron chi connectivity index (χ3n) is 5.14. The largest absolute Gasteiger partial charge is 0.393 e. The van der Waals surface area contributed by atoms with Crippen LogP contribution in [0.5, 0.6) is 0 Å². The molecule has 2 aliphatic rings. The minimum Gasteiger partial charge on any atom is -0.393 e. The molecule has 2 amide bonds. The molecule has 8 heteroatoms. The quantitative estimate of drug-likeness (QED) is 0.675. The van der Waals surface area contributed by atoms with Crippen LogP contribution in [0.15, 0.2) is 0 Å². The topological polar surface area (TPSA) is 98.7 Å². The van der Waals surface area contributed by atoms with Gasteiger partial charge in [-0.2, -0.15) is 0 Å². The van der Waals surface area contributed by atoms with E-state index in [1.165, 1.54) is 7.05 Å². The van der Waals surface area contributed by atoms with Crippen molar-refractivity contribution in [2.75, 3.05) is 25.9 Å². The number of likely N-dealkylation sites (tertiary alicyclic amines) is 1. The van der Waals surface area contributed by atoms with E-state index >= 15 is 0 Å². The molecule has 0 unspecified atom stereocenters. The third-order valence-corrected chi connectivity index (χ3v) is 6.50. The van der Waals surface area contributed by atoms with Gasteiger partial charge in [0.1, 0.15) is 0 Å². The lowest BCUT2D eigenvalue weighted by molar-refractivity contribution is 0.0154. The smallest absolute Gasteiger partial charge is 0.317 e. The van der Waals surface area contributed by atoms with Gasteiger partial charge in [-0.1, -0.05) is 6.92 Å². The highest BCUT2D eigenvalue weighted by molar-refractivity contribution is 7.89. The number of nitrogens with one attached hydrogen (secondary N) is 2. The first kappa shape index (κ1) is 18.5. The average Bonchev–Trinajstić information content (AvgIpc) is 2.99. The van der Waals surface area contributed by atoms with Gasteiger partial charge < -0.3 is 15.3 Å². The van der Waals surface area contributed by atoms with E-state index in [4.69, 9.17) is 0 Å². The number of hydrogen-bond acceptors (Lipinski definition) is 4. The van der Waals surface area contributed by atoms with Gasteiger partial charge in [-0.15, -0.1) is 0 Å². The highest BCUT2D eigenvalue weighted by Crippen LogP contribution is 2.37. The SMILES string of the molecule is CNS(=O)(=O)CCNC(=O)N1CCC[C@@H]1[C@@H]1C[C@H](C)CC[C@@H]1O. The van der Waals surface area contributed by atoms with Crippen LogP contribution in [-0.4, -0.2) is 62.5 Å². The second-order valence-corrected chi connectivity index (χ2v) is 8.85. The first-order valence-corrected chi connectivity index (χ1v) is 10.1. The minimum absolute atomic E-state index is 0.0636. The molecule has 2 fully saturated rings. The molecule has 1 heterocycles. The summed E-state index contributed by atoms with van der Waals surface area (Å²) in [5, 5.41) is 13.0. The lowest BCUT2D eigenvalue weighted by Gasteiger charge is -2.39. The van der Waals surface area contributed by atoms with Crippen molar-refractivity contribution in [1.29, 1.82) is 0 Å². The fraction of sp³-hybridized carbons (Fsp3) is 0.933. The highest BCUT2D eigenvalue weighted by atomic mass is 32.2. The number of urea groups is 1. The van der Waals surface area contributed by atoms with E-state index < -0.39 is 10.0 Å². The maximum absolute atomic E-state index is 12.4. The molecule has 1 aliphatic heterocycles. The van der Waals surface area contributed by atoms with Crippen LogP contribution in [0.2, 0.25) is 0 Å². The average molecular weight is 347 g/mol. The van der Waals surface area contributed by atoms with E-state index in [0.29, 0.717) is 12.5 Å². The van der Waals surface area contributed by atoms with E-state index in [1.54, 1.807) is 4.90 Å². The monoisotopic (exact) mass is 347 g/mol. The predicted molar refractivity (Wildman–Crippen MR) is 88.5 cm³/mol. The summed E-state index contributed by atoms with van der Waals surface area (Å²) in [6.07, 6.45) is 4.30. The Morgan fingerprint density at radius 3 is 2.74 bits per heavy atom. The van der Waals surface area contributed by atoms with Crippen molar-refractivity contribution in [2.45, 2.75) is 51.2 Å². The molecule has 0 spiro atoms. The molecular formula is C15H29N3O4S. The van der Waals surface area contributed by atoms with Crippen molar-refractivity contribution < 1.29 is 18.3 Å². The molecule has 7 nitrogen and oxygen atoms in total. The molecule has 2 rings (SSSR count). The van der Waals surface area contributed by atoms with Gasteiger partial charge in [0.2, 0.25) is 10.0 Å². The minimum atomic E-state index is -3.31. The summed E-state index contributed by atoms with van der Waals surface area (Å²) in [6.45, 7) is 2.96. The predicted octanol–water partition coefficient (Wildman–Crippen LogP) is 0.507. The zero-order valence-electron chi connectivity index (χ0n) is 14.0. The summed E-state index contributed by atoms with van der Waals surface area (Å²) in [6, 6.07) is -0.155. The molecule has 134 valence electrons. The standard InChI is InChI=1S/C15H29N3O4S/c1-11-5-6-14(19)12(10-11)13-4-3-8-18(13)15(20)17-7-9-23(21,22)16-2/h11-14,16,19H,3-10H2,1-2H3,(H,17,20)/t11-,12+,13-,14+/m1/s1. The number of nitrogens with zero attached hydrogens (tertiary/aromatic N) is 1. The molecule has 0 aromatic rings. The van der Waals surface area contributed by atoms with Crippen LogP contribution >= 0.6 is 0 Å². The van der Waals surface area contributed by atoms with E-state index in [0.717, 1.165) is 32.1 Å². The van der Waals surface area contributed by atoms with E-state index in [2.05, 4.69) is 17.0 Å². The molecule has 0 aromatic heterocycles. The Morgan fingerprint density at radius 2 is 2.04 bits per heavy atom. The second-order valence-electron chi connectivity index (χ2n) is 6.81. The van der Waals surface area contributed by atoms with Gasteiger partial charge in [0.25, 0.3) is 0 Å². The number of aliphatic hydroxyl groups is 1. The van der Waals surface area contributed by atoms with Gasteiger partial charge in [-0.05, 0) is 45.1 Å². The van der Waals surface area contributed by atoms with Crippen LogP contribution in [0.25, 0.3) is 0 Å². The second kappa shape index (κ2) is 7.81. The Kier molecular flexibility index (Phi) is 6.27. The summed E-state index contributed by atoms with van der Waals surface area (Å²) >= 11 is 0. The Bertz CT molecular complexity index is 511. The molecule has 0 aromatic carbocycles. The molecule has 1 saturated carbocycles. The first-order chi connectivity index (χ1) is 10.8. The first-order valence-electron chi connectivity index (χ1n) is 8.48. The Balaban J connectivity index is 1.91. The molecular weight excluding hydrogens is 318 g/mol. The van der Waals surface area contributed by atoms with Crippen molar-refractivity contribution in [3.8, 4) is 0 Å². The third kappa shape index (κ3) is 4.81. The lowest BCUT2D eigenvalue weighted by atomic mass is 9.76. The van der Waals surface area contributed by atoms with E-state index in [1.807, 2.05) is 0 Å². The summed E-state index contributed by atoms with van der Waals surface area (Å²) in [5.41, 5.74) is 0. The van der Waals surface area contributed by atoms with Crippen molar-refractivity contribution in [3.05, 3.63) is 0 Å². The lowest BCUT2D eigenvalue weighted by Crippen LogP contribution is -2.50. The summed E-state index contributed by atoms with van der Waals surface area (Å²) in [7, 11) is -1.95. The normalized spacial score (nSPS) is 32.0. The zero-order chi connectivity index (χ0) is 17.0. The fourth-order valence-corrected chi connectivity index (χ4v) is 4.38. The van der Waals surface area contributed by atoms with Gasteiger partial charge in [0.15, 0.2) is 0 Å². The van der Waals surface area contributed by atoms with Crippen molar-refractivity contribution in [2.24, 2.45) is 11.8 Å². The number of sulfonamides is 1. The zero-order valence-corrected chi connectivity index (χ0v) is 14.8. The van der Waals surface area contributed by atoms with Crippen LogP contribution < -0.4 is 10.0 Å². The van der Waals surface area contributed by atoms with Crippen molar-refractivity contribution in [1.82, 2.24) is 14.9 Å². The maximum Gasteiger partial charge on any atom is 0.317 e. The highest BCUT2D eigenvalue weighted by Gasteiger charge is 2.40. The number of amides is 2. The molecule has 1 aliphatic carbocycles.